The molecule has 0 saturated carbocycles. The summed E-state index contributed by atoms with van der Waals surface area (Å²) in [7, 11) is 0. The molecule has 1 heterocycles. The van der Waals surface area contributed by atoms with E-state index in [1.54, 1.807) is 0 Å². The Morgan fingerprint density at radius 1 is 1.54 bits per heavy atom. The van der Waals surface area contributed by atoms with Crippen LogP contribution in [-0.4, -0.2) is 16.4 Å². The number of nitrogens with zero attached hydrogens (tertiary/aromatic N) is 2. The van der Waals surface area contributed by atoms with Crippen molar-refractivity contribution < 1.29 is 4.74 Å². The van der Waals surface area contributed by atoms with Gasteiger partial charge in [-0.2, -0.15) is 5.10 Å². The molecule has 0 aliphatic rings. The van der Waals surface area contributed by atoms with Gasteiger partial charge in [0, 0.05) is 18.8 Å². The first-order valence-corrected chi connectivity index (χ1v) is 4.89. The lowest BCUT2D eigenvalue weighted by atomic mass is 10.3. The summed E-state index contributed by atoms with van der Waals surface area (Å²) in [6, 6.07) is 2.50. The second kappa shape index (κ2) is 5.02. The van der Waals surface area contributed by atoms with E-state index in [9.17, 15) is 0 Å². The van der Waals surface area contributed by atoms with Crippen molar-refractivity contribution in [1.82, 2.24) is 9.78 Å². The molecule has 3 heteroatoms. The molecule has 0 amide bonds. The van der Waals surface area contributed by atoms with Crippen LogP contribution in [-0.2, 0) is 11.3 Å². The van der Waals surface area contributed by atoms with Crippen molar-refractivity contribution in [1.29, 1.82) is 0 Å². The molecule has 0 aromatic carbocycles. The molecule has 13 heavy (non-hydrogen) atoms. The smallest absolute Gasteiger partial charge is 0.0906 e. The van der Waals surface area contributed by atoms with Crippen LogP contribution in [0.25, 0.3) is 0 Å². The molecule has 0 saturated heterocycles. The Hall–Kier alpha value is -0.830. The Morgan fingerprint density at radius 3 is 2.92 bits per heavy atom. The summed E-state index contributed by atoms with van der Waals surface area (Å²) in [5.41, 5.74) is 1.02. The highest BCUT2D eigenvalue weighted by Crippen LogP contribution is 2.09. The lowest BCUT2D eigenvalue weighted by Crippen LogP contribution is -2.05. The molecule has 0 bridgehead atoms. The summed E-state index contributed by atoms with van der Waals surface area (Å²) in [5.74, 6) is 0. The van der Waals surface area contributed by atoms with Crippen molar-refractivity contribution in [2.75, 3.05) is 6.61 Å². The van der Waals surface area contributed by atoms with Crippen molar-refractivity contribution in [3.63, 3.8) is 0 Å². The standard InChI is InChI=1S/C10H18N2O/c1-4-9(3)12-7-6-10(11-12)8-13-5-2/h6-7,9H,4-5,8H2,1-3H3/t9-/m0/s1. The van der Waals surface area contributed by atoms with E-state index in [0.29, 0.717) is 12.6 Å². The second-order valence-electron chi connectivity index (χ2n) is 3.18. The molecule has 3 nitrogen and oxygen atoms in total. The molecule has 0 fully saturated rings. The highest BCUT2D eigenvalue weighted by atomic mass is 16.5. The van der Waals surface area contributed by atoms with Gasteiger partial charge in [-0.1, -0.05) is 6.92 Å². The third-order valence-electron chi connectivity index (χ3n) is 2.16. The average Bonchev–Trinajstić information content (AvgIpc) is 2.62. The number of hydrogen-bond acceptors (Lipinski definition) is 2. The van der Waals surface area contributed by atoms with E-state index in [1.807, 2.05) is 23.9 Å². The van der Waals surface area contributed by atoms with Crippen LogP contribution in [0.2, 0.25) is 0 Å². The van der Waals surface area contributed by atoms with Crippen LogP contribution in [0.1, 0.15) is 38.9 Å². The Balaban J connectivity index is 2.53. The summed E-state index contributed by atoms with van der Waals surface area (Å²) < 4.78 is 7.26. The third kappa shape index (κ3) is 2.84. The van der Waals surface area contributed by atoms with Gasteiger partial charge in [-0.15, -0.1) is 0 Å². The van der Waals surface area contributed by atoms with Crippen molar-refractivity contribution in [2.45, 2.75) is 39.8 Å². The van der Waals surface area contributed by atoms with E-state index in [1.165, 1.54) is 0 Å². The van der Waals surface area contributed by atoms with E-state index in [2.05, 4.69) is 18.9 Å². The largest absolute Gasteiger partial charge is 0.375 e. The number of rotatable bonds is 5. The minimum Gasteiger partial charge on any atom is -0.375 e. The summed E-state index contributed by atoms with van der Waals surface area (Å²) in [4.78, 5) is 0. The maximum Gasteiger partial charge on any atom is 0.0906 e. The van der Waals surface area contributed by atoms with Crippen molar-refractivity contribution in [3.8, 4) is 0 Å². The van der Waals surface area contributed by atoms with Crippen LogP contribution < -0.4 is 0 Å². The SMILES string of the molecule is CCOCc1ccn([C@@H](C)CC)n1. The minimum absolute atomic E-state index is 0.482. The zero-order valence-corrected chi connectivity index (χ0v) is 8.66. The van der Waals surface area contributed by atoms with Crippen molar-refractivity contribution in [2.24, 2.45) is 0 Å². The number of aromatic nitrogens is 2. The van der Waals surface area contributed by atoms with Crippen molar-refractivity contribution in [3.05, 3.63) is 18.0 Å². The normalized spacial score (nSPS) is 13.2. The van der Waals surface area contributed by atoms with Gasteiger partial charge < -0.3 is 4.74 Å². The van der Waals surface area contributed by atoms with E-state index in [-0.39, 0.29) is 0 Å². The Bertz CT molecular complexity index is 245. The minimum atomic E-state index is 0.482. The topological polar surface area (TPSA) is 27.1 Å². The van der Waals surface area contributed by atoms with E-state index < -0.39 is 0 Å². The molecule has 1 atom stereocenters. The molecule has 0 aliphatic carbocycles. The molecular formula is C10H18N2O. The molecule has 1 rings (SSSR count). The maximum atomic E-state index is 5.27. The van der Waals surface area contributed by atoms with E-state index >= 15 is 0 Å². The summed E-state index contributed by atoms with van der Waals surface area (Å²) in [6.45, 7) is 7.69. The van der Waals surface area contributed by atoms with Gasteiger partial charge in [-0.3, -0.25) is 4.68 Å². The van der Waals surface area contributed by atoms with Crippen LogP contribution >= 0.6 is 0 Å². The molecule has 1 aromatic heterocycles. The van der Waals surface area contributed by atoms with Gasteiger partial charge in [0.2, 0.25) is 0 Å². The van der Waals surface area contributed by atoms with Crippen LogP contribution in [0.5, 0.6) is 0 Å². The van der Waals surface area contributed by atoms with Gasteiger partial charge in [0.25, 0.3) is 0 Å². The van der Waals surface area contributed by atoms with Crippen LogP contribution in [0.15, 0.2) is 12.3 Å². The Morgan fingerprint density at radius 2 is 2.31 bits per heavy atom. The van der Waals surface area contributed by atoms with Crippen molar-refractivity contribution >= 4 is 0 Å². The first-order chi connectivity index (χ1) is 6.27. The number of ether oxygens (including phenoxy) is 1. The molecule has 1 aromatic rings. The van der Waals surface area contributed by atoms with Gasteiger partial charge in [-0.05, 0) is 26.3 Å². The van der Waals surface area contributed by atoms with Crippen LogP contribution in [0.4, 0.5) is 0 Å². The van der Waals surface area contributed by atoms with E-state index in [4.69, 9.17) is 4.74 Å². The molecule has 0 spiro atoms. The van der Waals surface area contributed by atoms with Gasteiger partial charge in [0.15, 0.2) is 0 Å². The van der Waals surface area contributed by atoms with Gasteiger partial charge in [-0.25, -0.2) is 0 Å². The highest BCUT2D eigenvalue weighted by molar-refractivity contribution is 4.97. The van der Waals surface area contributed by atoms with Gasteiger partial charge in [0.1, 0.15) is 0 Å². The zero-order valence-electron chi connectivity index (χ0n) is 8.66. The fourth-order valence-corrected chi connectivity index (χ4v) is 1.09. The predicted molar refractivity (Wildman–Crippen MR) is 52.6 cm³/mol. The quantitative estimate of drug-likeness (QED) is 0.699. The van der Waals surface area contributed by atoms with E-state index in [0.717, 1.165) is 18.7 Å². The fourth-order valence-electron chi connectivity index (χ4n) is 1.09. The average molecular weight is 182 g/mol. The van der Waals surface area contributed by atoms with Gasteiger partial charge >= 0.3 is 0 Å². The first-order valence-electron chi connectivity index (χ1n) is 4.89. The summed E-state index contributed by atoms with van der Waals surface area (Å²) in [6.07, 6.45) is 3.12. The Kier molecular flexibility index (Phi) is 3.96. The monoisotopic (exact) mass is 182 g/mol. The fraction of sp³-hybridized carbons (Fsp3) is 0.700. The first kappa shape index (κ1) is 10.3. The molecule has 0 aliphatic heterocycles. The zero-order chi connectivity index (χ0) is 9.68. The summed E-state index contributed by atoms with van der Waals surface area (Å²) >= 11 is 0. The third-order valence-corrected chi connectivity index (χ3v) is 2.16. The van der Waals surface area contributed by atoms with Gasteiger partial charge in [0.05, 0.1) is 12.3 Å². The molecule has 0 unspecified atom stereocenters. The number of hydrogen-bond donors (Lipinski definition) is 0. The molecule has 0 N–H and O–H groups in total. The Labute approximate surface area is 79.7 Å². The molecule has 0 radical (unpaired) electrons. The highest BCUT2D eigenvalue weighted by Gasteiger charge is 2.03. The lowest BCUT2D eigenvalue weighted by molar-refractivity contribution is 0.130. The van der Waals surface area contributed by atoms with Crippen LogP contribution in [0.3, 0.4) is 0 Å². The maximum absolute atomic E-state index is 5.27. The second-order valence-corrected chi connectivity index (χ2v) is 3.18. The predicted octanol–water partition coefficient (Wildman–Crippen LogP) is 2.39. The van der Waals surface area contributed by atoms with Crippen LogP contribution in [0, 0.1) is 0 Å². The lowest BCUT2D eigenvalue weighted by Gasteiger charge is -2.07. The molecular weight excluding hydrogens is 164 g/mol. The summed E-state index contributed by atoms with van der Waals surface area (Å²) in [5, 5.41) is 4.41. The molecule has 74 valence electrons.